The maximum absolute atomic E-state index is 12.3. The molecule has 0 radical (unpaired) electrons. The summed E-state index contributed by atoms with van der Waals surface area (Å²) in [4.78, 5) is 2.28. The molecule has 1 aromatic heterocycles. The number of para-hydroxylation sites is 1. The van der Waals surface area contributed by atoms with E-state index < -0.39 is 10.0 Å². The lowest BCUT2D eigenvalue weighted by Crippen LogP contribution is -2.40. The molecular formula is C15H17BrN2O2S2. The first-order chi connectivity index (χ1) is 10.6. The van der Waals surface area contributed by atoms with Crippen molar-refractivity contribution in [3.63, 3.8) is 0 Å². The molecule has 2 heterocycles. The van der Waals surface area contributed by atoms with Gasteiger partial charge in [0.25, 0.3) is 0 Å². The molecule has 1 N–H and O–H groups in total. The van der Waals surface area contributed by atoms with Gasteiger partial charge in [0, 0.05) is 24.8 Å². The van der Waals surface area contributed by atoms with Crippen LogP contribution < -0.4 is 9.62 Å². The third kappa shape index (κ3) is 3.53. The predicted octanol–water partition coefficient (Wildman–Crippen LogP) is 3.46. The first-order valence-electron chi connectivity index (χ1n) is 7.13. The fraction of sp³-hybridized carbons (Fsp3) is 0.333. The second-order valence-electron chi connectivity index (χ2n) is 5.24. The average Bonchev–Trinajstić information content (AvgIpc) is 3.15. The normalized spacial score (nSPS) is 18.8. The van der Waals surface area contributed by atoms with Crippen LogP contribution in [0.15, 0.2) is 50.5 Å². The lowest BCUT2D eigenvalue weighted by Gasteiger charge is -2.26. The zero-order valence-electron chi connectivity index (χ0n) is 11.9. The molecule has 0 unspecified atom stereocenters. The second kappa shape index (κ2) is 6.70. The van der Waals surface area contributed by atoms with Gasteiger partial charge in [-0.15, -0.1) is 11.3 Å². The molecule has 118 valence electrons. The van der Waals surface area contributed by atoms with Gasteiger partial charge >= 0.3 is 0 Å². The summed E-state index contributed by atoms with van der Waals surface area (Å²) in [5, 5.41) is 0. The van der Waals surface area contributed by atoms with E-state index in [4.69, 9.17) is 0 Å². The molecule has 1 aliphatic rings. The number of rotatable bonds is 5. The highest BCUT2D eigenvalue weighted by Crippen LogP contribution is 2.27. The molecule has 7 heteroatoms. The van der Waals surface area contributed by atoms with Crippen molar-refractivity contribution in [3.8, 4) is 0 Å². The first kappa shape index (κ1) is 16.0. The molecule has 22 heavy (non-hydrogen) atoms. The summed E-state index contributed by atoms with van der Waals surface area (Å²) in [7, 11) is -3.42. The summed E-state index contributed by atoms with van der Waals surface area (Å²) >= 11 is 4.53. The highest BCUT2D eigenvalue weighted by Gasteiger charge is 2.26. The van der Waals surface area contributed by atoms with Crippen LogP contribution >= 0.6 is 27.3 Å². The van der Waals surface area contributed by atoms with E-state index in [2.05, 4.69) is 37.7 Å². The average molecular weight is 401 g/mol. The Kier molecular flexibility index (Phi) is 4.87. The van der Waals surface area contributed by atoms with Crippen LogP contribution in [0.4, 0.5) is 5.69 Å². The highest BCUT2D eigenvalue weighted by atomic mass is 79.9. The number of nitrogens with one attached hydrogen (secondary N) is 1. The van der Waals surface area contributed by atoms with Gasteiger partial charge in [-0.2, -0.15) is 0 Å². The van der Waals surface area contributed by atoms with Crippen LogP contribution in [0.1, 0.15) is 12.8 Å². The van der Waals surface area contributed by atoms with Gasteiger partial charge in [-0.25, -0.2) is 13.1 Å². The Morgan fingerprint density at radius 3 is 2.68 bits per heavy atom. The minimum absolute atomic E-state index is 0.209. The van der Waals surface area contributed by atoms with Gasteiger partial charge in [0.15, 0.2) is 0 Å². The van der Waals surface area contributed by atoms with Crippen molar-refractivity contribution in [3.05, 3.63) is 46.3 Å². The van der Waals surface area contributed by atoms with Crippen molar-refractivity contribution in [2.24, 2.45) is 0 Å². The number of benzene rings is 1. The zero-order chi connectivity index (χ0) is 15.6. The van der Waals surface area contributed by atoms with Crippen LogP contribution in [-0.4, -0.2) is 27.5 Å². The van der Waals surface area contributed by atoms with Crippen LogP contribution in [0, 0.1) is 0 Å². The smallest absolute Gasteiger partial charge is 0.250 e. The summed E-state index contributed by atoms with van der Waals surface area (Å²) < 4.78 is 28.5. The summed E-state index contributed by atoms with van der Waals surface area (Å²) in [6.07, 6.45) is 2.09. The molecule has 1 saturated heterocycles. The lowest BCUT2D eigenvalue weighted by atomic mass is 10.2. The van der Waals surface area contributed by atoms with E-state index >= 15 is 0 Å². The molecule has 0 saturated carbocycles. The Balaban J connectivity index is 1.68. The van der Waals surface area contributed by atoms with Crippen LogP contribution in [0.2, 0.25) is 0 Å². The quantitative estimate of drug-likeness (QED) is 0.835. The molecule has 0 aliphatic carbocycles. The minimum Gasteiger partial charge on any atom is -0.367 e. The molecular weight excluding hydrogens is 384 g/mol. The molecule has 1 aromatic carbocycles. The molecule has 4 nitrogen and oxygen atoms in total. The van der Waals surface area contributed by atoms with Crippen LogP contribution in [0.25, 0.3) is 0 Å². The molecule has 1 atom stereocenters. The third-order valence-electron chi connectivity index (χ3n) is 3.79. The van der Waals surface area contributed by atoms with E-state index in [1.165, 1.54) is 11.3 Å². The van der Waals surface area contributed by atoms with Crippen molar-refractivity contribution in [2.45, 2.75) is 23.1 Å². The van der Waals surface area contributed by atoms with Gasteiger partial charge in [0.2, 0.25) is 10.0 Å². The van der Waals surface area contributed by atoms with E-state index in [0.29, 0.717) is 10.8 Å². The number of hydrogen-bond acceptors (Lipinski definition) is 4. The molecule has 2 aromatic rings. The molecule has 1 fully saturated rings. The SMILES string of the molecule is O=S(=O)(NC[C@@H]1CCCN1c1ccccc1)c1ccc(Br)s1. The monoisotopic (exact) mass is 400 g/mol. The summed E-state index contributed by atoms with van der Waals surface area (Å²) in [6.45, 7) is 1.41. The summed E-state index contributed by atoms with van der Waals surface area (Å²) in [6, 6.07) is 13.8. The fourth-order valence-corrected chi connectivity index (χ4v) is 5.85. The Morgan fingerprint density at radius 2 is 2.00 bits per heavy atom. The number of sulfonamides is 1. The summed E-state index contributed by atoms with van der Waals surface area (Å²) in [5.74, 6) is 0. The molecule has 0 amide bonds. The standard InChI is InChI=1S/C15H17BrN2O2S2/c16-14-8-9-15(21-14)22(19,20)17-11-13-7-4-10-18(13)12-5-2-1-3-6-12/h1-3,5-6,8-9,13,17H,4,7,10-11H2/t13-/m0/s1. The van der Waals surface area contributed by atoms with Crippen molar-refractivity contribution in [1.29, 1.82) is 0 Å². The van der Waals surface area contributed by atoms with E-state index in [9.17, 15) is 8.42 Å². The fourth-order valence-electron chi connectivity index (χ4n) is 2.73. The lowest BCUT2D eigenvalue weighted by molar-refractivity contribution is 0.569. The zero-order valence-corrected chi connectivity index (χ0v) is 15.1. The van der Waals surface area contributed by atoms with Crippen molar-refractivity contribution >= 4 is 43.0 Å². The largest absolute Gasteiger partial charge is 0.367 e. The molecule has 1 aliphatic heterocycles. The Bertz CT molecular complexity index is 731. The maximum atomic E-state index is 12.3. The number of hydrogen-bond donors (Lipinski definition) is 1. The topological polar surface area (TPSA) is 49.4 Å². The Morgan fingerprint density at radius 1 is 1.23 bits per heavy atom. The van der Waals surface area contributed by atoms with Gasteiger partial charge in [0.1, 0.15) is 4.21 Å². The Hall–Kier alpha value is -0.890. The number of halogens is 1. The first-order valence-corrected chi connectivity index (χ1v) is 10.2. The number of thiophene rings is 1. The van der Waals surface area contributed by atoms with Crippen molar-refractivity contribution < 1.29 is 8.42 Å². The minimum atomic E-state index is -3.42. The van der Waals surface area contributed by atoms with E-state index in [0.717, 1.165) is 28.9 Å². The molecule has 0 bridgehead atoms. The van der Waals surface area contributed by atoms with E-state index in [-0.39, 0.29) is 6.04 Å². The van der Waals surface area contributed by atoms with E-state index in [1.54, 1.807) is 12.1 Å². The number of anilines is 1. The molecule has 3 rings (SSSR count). The van der Waals surface area contributed by atoms with Crippen LogP contribution in [0.3, 0.4) is 0 Å². The third-order valence-corrected chi connectivity index (χ3v) is 7.33. The second-order valence-corrected chi connectivity index (χ2v) is 9.69. The van der Waals surface area contributed by atoms with Gasteiger partial charge in [-0.1, -0.05) is 18.2 Å². The van der Waals surface area contributed by atoms with E-state index in [1.807, 2.05) is 18.2 Å². The van der Waals surface area contributed by atoms with Gasteiger partial charge < -0.3 is 4.90 Å². The van der Waals surface area contributed by atoms with Gasteiger partial charge in [-0.05, 0) is 53.0 Å². The highest BCUT2D eigenvalue weighted by molar-refractivity contribution is 9.11. The van der Waals surface area contributed by atoms with Gasteiger partial charge in [0.05, 0.1) is 3.79 Å². The van der Waals surface area contributed by atoms with Crippen LogP contribution in [-0.2, 0) is 10.0 Å². The molecule has 0 spiro atoms. The number of nitrogens with zero attached hydrogens (tertiary/aromatic N) is 1. The van der Waals surface area contributed by atoms with Gasteiger partial charge in [-0.3, -0.25) is 0 Å². The van der Waals surface area contributed by atoms with Crippen molar-refractivity contribution in [1.82, 2.24) is 4.72 Å². The van der Waals surface area contributed by atoms with Crippen molar-refractivity contribution in [2.75, 3.05) is 18.0 Å². The maximum Gasteiger partial charge on any atom is 0.250 e. The summed E-state index contributed by atoms with van der Waals surface area (Å²) in [5.41, 5.74) is 1.16. The predicted molar refractivity (Wildman–Crippen MR) is 94.0 cm³/mol. The Labute approximate surface area is 143 Å². The van der Waals surface area contributed by atoms with Crippen LogP contribution in [0.5, 0.6) is 0 Å².